The molecule has 0 saturated heterocycles. The van der Waals surface area contributed by atoms with Crippen molar-refractivity contribution in [2.75, 3.05) is 0 Å². The summed E-state index contributed by atoms with van der Waals surface area (Å²) in [6.07, 6.45) is 3.71. The summed E-state index contributed by atoms with van der Waals surface area (Å²) in [5, 5.41) is 4.96. The molecule has 0 unspecified atom stereocenters. The van der Waals surface area contributed by atoms with Crippen molar-refractivity contribution < 1.29 is 9.59 Å². The molecule has 12 heavy (non-hydrogen) atoms. The quantitative estimate of drug-likeness (QED) is 0.645. The monoisotopic (exact) mass is 170 g/mol. The molecule has 4 nitrogen and oxygen atoms in total. The molecule has 0 bridgehead atoms. The maximum atomic E-state index is 10.7. The van der Waals surface area contributed by atoms with Crippen LogP contribution in [0, 0.1) is 0 Å². The Balaban J connectivity index is 3.50. The summed E-state index contributed by atoms with van der Waals surface area (Å²) in [5.41, 5.74) is 0. The molecule has 2 N–H and O–H groups in total. The van der Waals surface area contributed by atoms with Gasteiger partial charge in [0, 0.05) is 25.2 Å². The molecule has 0 aromatic carbocycles. The summed E-state index contributed by atoms with van der Waals surface area (Å²) >= 11 is 0. The fraction of sp³-hybridized carbons (Fsp3) is 0.500. The Bertz CT molecular complexity index is 167. The first-order valence-corrected chi connectivity index (χ1v) is 3.94. The van der Waals surface area contributed by atoms with Crippen LogP contribution in [-0.2, 0) is 9.59 Å². The predicted octanol–water partition coefficient (Wildman–Crippen LogP) is 0.510. The Hall–Kier alpha value is -1.32. The second-order valence-electron chi connectivity index (χ2n) is 2.18. The van der Waals surface area contributed by atoms with Crippen LogP contribution < -0.4 is 10.6 Å². The molecule has 0 aliphatic carbocycles. The number of amides is 2. The lowest BCUT2D eigenvalue weighted by Crippen LogP contribution is -2.19. The highest BCUT2D eigenvalue weighted by Gasteiger charge is 1.91. The van der Waals surface area contributed by atoms with Crippen LogP contribution in [0.5, 0.6) is 0 Å². The van der Waals surface area contributed by atoms with Gasteiger partial charge in [0.05, 0.1) is 0 Å². The van der Waals surface area contributed by atoms with Gasteiger partial charge in [0.15, 0.2) is 0 Å². The van der Waals surface area contributed by atoms with Crippen LogP contribution in [0.2, 0.25) is 0 Å². The summed E-state index contributed by atoms with van der Waals surface area (Å²) in [5.74, 6) is -0.144. The molecule has 4 heteroatoms. The smallest absolute Gasteiger partial charge is 0.223 e. The Morgan fingerprint density at radius 2 is 1.33 bits per heavy atom. The van der Waals surface area contributed by atoms with Crippen molar-refractivity contribution in [2.24, 2.45) is 0 Å². The second kappa shape index (κ2) is 6.39. The molecule has 0 aliphatic rings. The normalized spacial score (nSPS) is 9.83. The molecule has 0 fully saturated rings. The molecule has 0 aromatic heterocycles. The van der Waals surface area contributed by atoms with Crippen LogP contribution in [0.1, 0.15) is 26.7 Å². The van der Waals surface area contributed by atoms with Gasteiger partial charge in [0.25, 0.3) is 0 Å². The Labute approximate surface area is 72.0 Å². The first-order valence-electron chi connectivity index (χ1n) is 3.94. The molecule has 68 valence electrons. The third kappa shape index (κ3) is 5.46. The summed E-state index contributed by atoms with van der Waals surface area (Å²) in [4.78, 5) is 21.3. The average molecular weight is 170 g/mol. The largest absolute Gasteiger partial charge is 0.331 e. The van der Waals surface area contributed by atoms with Gasteiger partial charge in [-0.2, -0.15) is 0 Å². The van der Waals surface area contributed by atoms with E-state index in [4.69, 9.17) is 0 Å². The first kappa shape index (κ1) is 10.7. The minimum absolute atomic E-state index is 0.0722. The number of nitrogens with one attached hydrogen (secondary N) is 2. The van der Waals surface area contributed by atoms with Gasteiger partial charge in [0.2, 0.25) is 11.8 Å². The lowest BCUT2D eigenvalue weighted by molar-refractivity contribution is -0.121. The van der Waals surface area contributed by atoms with Gasteiger partial charge < -0.3 is 10.6 Å². The van der Waals surface area contributed by atoms with Gasteiger partial charge in [-0.3, -0.25) is 9.59 Å². The van der Waals surface area contributed by atoms with Gasteiger partial charge >= 0.3 is 0 Å². The summed E-state index contributed by atoms with van der Waals surface area (Å²) in [6, 6.07) is 0. The maximum absolute atomic E-state index is 10.7. The van der Waals surface area contributed by atoms with Crippen molar-refractivity contribution in [1.82, 2.24) is 10.6 Å². The second-order valence-corrected chi connectivity index (χ2v) is 2.18. The van der Waals surface area contributed by atoms with Crippen molar-refractivity contribution >= 4 is 11.8 Å². The molecular formula is C8H14N2O2. The molecule has 0 heterocycles. The number of carbonyl (C=O) groups is 2. The van der Waals surface area contributed by atoms with E-state index in [1.54, 1.807) is 13.8 Å². The number of rotatable bonds is 4. The Morgan fingerprint density at radius 1 is 1.00 bits per heavy atom. The standard InChI is InChI=1S/C8H14N2O2/c1-3-7(11)9-5-6-10-8(12)4-2/h5-6H,3-4H2,1-2H3,(H,9,11)(H,10,12)/b6-5+. The molecule has 0 saturated carbocycles. The van der Waals surface area contributed by atoms with Crippen LogP contribution in [0.3, 0.4) is 0 Å². The molecule has 0 atom stereocenters. The molecule has 0 rings (SSSR count). The maximum Gasteiger partial charge on any atom is 0.223 e. The van der Waals surface area contributed by atoms with E-state index in [1.807, 2.05) is 0 Å². The number of hydrogen-bond acceptors (Lipinski definition) is 2. The third-order valence-electron chi connectivity index (χ3n) is 1.21. The van der Waals surface area contributed by atoms with Crippen LogP contribution >= 0.6 is 0 Å². The van der Waals surface area contributed by atoms with Crippen molar-refractivity contribution in [3.8, 4) is 0 Å². The van der Waals surface area contributed by atoms with Crippen molar-refractivity contribution in [3.63, 3.8) is 0 Å². The summed E-state index contributed by atoms with van der Waals surface area (Å²) in [7, 11) is 0. The first-order chi connectivity index (χ1) is 5.70. The predicted molar refractivity (Wildman–Crippen MR) is 46.0 cm³/mol. The van der Waals surface area contributed by atoms with Crippen molar-refractivity contribution in [1.29, 1.82) is 0 Å². The van der Waals surface area contributed by atoms with Gasteiger partial charge in [-0.15, -0.1) is 0 Å². The number of hydrogen-bond donors (Lipinski definition) is 2. The highest BCUT2D eigenvalue weighted by atomic mass is 16.2. The van der Waals surface area contributed by atoms with Crippen molar-refractivity contribution in [2.45, 2.75) is 26.7 Å². The minimum Gasteiger partial charge on any atom is -0.331 e. The zero-order valence-corrected chi connectivity index (χ0v) is 7.39. The van der Waals surface area contributed by atoms with Crippen molar-refractivity contribution in [3.05, 3.63) is 12.4 Å². The fourth-order valence-corrected chi connectivity index (χ4v) is 0.473. The molecule has 0 aliphatic heterocycles. The van der Waals surface area contributed by atoms with Crippen LogP contribution in [0.15, 0.2) is 12.4 Å². The van der Waals surface area contributed by atoms with E-state index < -0.39 is 0 Å². The molecule has 0 radical (unpaired) electrons. The van der Waals surface area contributed by atoms with Gasteiger partial charge in [0.1, 0.15) is 0 Å². The Morgan fingerprint density at radius 3 is 1.58 bits per heavy atom. The topological polar surface area (TPSA) is 58.2 Å². The molecule has 0 spiro atoms. The number of carbonyl (C=O) groups excluding carboxylic acids is 2. The van der Waals surface area contributed by atoms with Crippen LogP contribution in [0.25, 0.3) is 0 Å². The highest BCUT2D eigenvalue weighted by molar-refractivity contribution is 5.77. The van der Waals surface area contributed by atoms with Crippen LogP contribution in [-0.4, -0.2) is 11.8 Å². The van der Waals surface area contributed by atoms with E-state index in [-0.39, 0.29) is 11.8 Å². The average Bonchev–Trinajstić information content (AvgIpc) is 2.11. The van der Waals surface area contributed by atoms with E-state index in [1.165, 1.54) is 12.4 Å². The lowest BCUT2D eigenvalue weighted by Gasteiger charge is -1.96. The third-order valence-corrected chi connectivity index (χ3v) is 1.21. The van der Waals surface area contributed by atoms with Gasteiger partial charge in [-0.05, 0) is 0 Å². The minimum atomic E-state index is -0.0722. The summed E-state index contributed by atoms with van der Waals surface area (Å²) in [6.45, 7) is 3.52. The molecular weight excluding hydrogens is 156 g/mol. The highest BCUT2D eigenvalue weighted by Crippen LogP contribution is 1.76. The lowest BCUT2D eigenvalue weighted by atomic mass is 10.4. The zero-order valence-electron chi connectivity index (χ0n) is 7.39. The van der Waals surface area contributed by atoms with E-state index in [9.17, 15) is 9.59 Å². The molecule has 2 amide bonds. The zero-order chi connectivity index (χ0) is 9.40. The van der Waals surface area contributed by atoms with Crippen LogP contribution in [0.4, 0.5) is 0 Å². The van der Waals surface area contributed by atoms with E-state index >= 15 is 0 Å². The fourth-order valence-electron chi connectivity index (χ4n) is 0.473. The van der Waals surface area contributed by atoms with E-state index in [0.29, 0.717) is 12.8 Å². The molecule has 0 aromatic rings. The van der Waals surface area contributed by atoms with E-state index in [0.717, 1.165) is 0 Å². The SMILES string of the molecule is CCC(=O)N/C=C/NC(=O)CC. The Kier molecular flexibility index (Phi) is 5.69. The van der Waals surface area contributed by atoms with E-state index in [2.05, 4.69) is 10.6 Å². The van der Waals surface area contributed by atoms with Gasteiger partial charge in [-0.25, -0.2) is 0 Å². The van der Waals surface area contributed by atoms with Gasteiger partial charge in [-0.1, -0.05) is 13.8 Å². The summed E-state index contributed by atoms with van der Waals surface area (Å²) < 4.78 is 0.